The second-order valence-corrected chi connectivity index (χ2v) is 6.31. The number of rotatable bonds is 6. The highest BCUT2D eigenvalue weighted by atomic mass is 15.2. The highest BCUT2D eigenvalue weighted by molar-refractivity contribution is 5.79. The third-order valence-electron chi connectivity index (χ3n) is 4.46. The lowest BCUT2D eigenvalue weighted by Gasteiger charge is -2.13. The number of imidazole rings is 1. The van der Waals surface area contributed by atoms with E-state index < -0.39 is 0 Å². The van der Waals surface area contributed by atoms with Crippen LogP contribution in [0.25, 0.3) is 11.0 Å². The van der Waals surface area contributed by atoms with Crippen LogP contribution in [-0.4, -0.2) is 29.1 Å². The molecule has 0 fully saturated rings. The maximum absolute atomic E-state index is 8.85. The van der Waals surface area contributed by atoms with Crippen LogP contribution in [0.1, 0.15) is 23.4 Å². The van der Waals surface area contributed by atoms with Crippen molar-refractivity contribution < 1.29 is 0 Å². The smallest absolute Gasteiger partial charge is 0.191 e. The van der Waals surface area contributed by atoms with Crippen LogP contribution in [0.15, 0.2) is 53.5 Å². The van der Waals surface area contributed by atoms with Crippen molar-refractivity contribution in [3.63, 3.8) is 0 Å². The van der Waals surface area contributed by atoms with Crippen molar-refractivity contribution in [2.75, 3.05) is 13.6 Å². The van der Waals surface area contributed by atoms with Crippen LogP contribution >= 0.6 is 0 Å². The Hall–Kier alpha value is -3.33. The van der Waals surface area contributed by atoms with E-state index in [1.54, 1.807) is 7.05 Å². The van der Waals surface area contributed by atoms with Crippen molar-refractivity contribution in [2.45, 2.75) is 26.4 Å². The van der Waals surface area contributed by atoms with Crippen LogP contribution in [0, 0.1) is 18.3 Å². The second kappa shape index (κ2) is 8.86. The van der Waals surface area contributed by atoms with Gasteiger partial charge in [-0.2, -0.15) is 5.26 Å². The lowest BCUT2D eigenvalue weighted by molar-refractivity contribution is 0.624. The molecular weight excluding hydrogens is 336 g/mol. The predicted octanol–water partition coefficient (Wildman–Crippen LogP) is 2.97. The highest BCUT2D eigenvalue weighted by Gasteiger charge is 2.06. The van der Waals surface area contributed by atoms with E-state index >= 15 is 0 Å². The standard InChI is InChI=1S/C21H24N6/c1-16-26-19-6-3-4-7-20(19)27(16)13-5-12-24-21(23-2)25-15-18-10-8-17(14-22)9-11-18/h3-4,6-11H,5,12-13,15H2,1-2H3,(H2,23,24,25). The van der Waals surface area contributed by atoms with Gasteiger partial charge < -0.3 is 15.2 Å². The average Bonchev–Trinajstić information content (AvgIpc) is 3.03. The van der Waals surface area contributed by atoms with Crippen molar-refractivity contribution in [2.24, 2.45) is 4.99 Å². The van der Waals surface area contributed by atoms with Crippen molar-refractivity contribution in [1.29, 1.82) is 5.26 Å². The van der Waals surface area contributed by atoms with Gasteiger partial charge in [0.05, 0.1) is 22.7 Å². The first-order chi connectivity index (χ1) is 13.2. The van der Waals surface area contributed by atoms with E-state index in [1.165, 1.54) is 5.52 Å². The zero-order valence-electron chi connectivity index (χ0n) is 15.7. The molecule has 1 aromatic heterocycles. The van der Waals surface area contributed by atoms with Crippen molar-refractivity contribution in [1.82, 2.24) is 20.2 Å². The minimum absolute atomic E-state index is 0.663. The van der Waals surface area contributed by atoms with Crippen LogP contribution in [0.3, 0.4) is 0 Å². The molecule has 3 aromatic rings. The number of para-hydroxylation sites is 2. The Morgan fingerprint density at radius 1 is 1.15 bits per heavy atom. The molecule has 6 nitrogen and oxygen atoms in total. The number of nitrogens with zero attached hydrogens (tertiary/aromatic N) is 4. The number of benzene rings is 2. The van der Waals surface area contributed by atoms with Gasteiger partial charge in [0.1, 0.15) is 5.82 Å². The molecule has 0 atom stereocenters. The van der Waals surface area contributed by atoms with E-state index in [2.05, 4.69) is 37.3 Å². The molecule has 0 aliphatic heterocycles. The number of fused-ring (bicyclic) bond motifs is 1. The Balaban J connectivity index is 1.47. The van der Waals surface area contributed by atoms with Gasteiger partial charge in [0.15, 0.2) is 5.96 Å². The van der Waals surface area contributed by atoms with E-state index in [0.717, 1.165) is 42.4 Å². The minimum Gasteiger partial charge on any atom is -0.356 e. The number of hydrogen-bond donors (Lipinski definition) is 2. The fourth-order valence-corrected chi connectivity index (χ4v) is 3.03. The summed E-state index contributed by atoms with van der Waals surface area (Å²) in [6, 6.07) is 17.9. The van der Waals surface area contributed by atoms with Crippen molar-refractivity contribution >= 4 is 17.0 Å². The van der Waals surface area contributed by atoms with Gasteiger partial charge >= 0.3 is 0 Å². The third kappa shape index (κ3) is 4.64. The number of aliphatic imine (C=N–C) groups is 1. The number of guanidine groups is 1. The molecule has 3 rings (SSSR count). The SMILES string of the molecule is CN=C(NCCCn1c(C)nc2ccccc21)NCc1ccc(C#N)cc1. The van der Waals surface area contributed by atoms with Crippen LogP contribution in [0.5, 0.6) is 0 Å². The minimum atomic E-state index is 0.663. The molecule has 0 saturated heterocycles. The maximum atomic E-state index is 8.85. The van der Waals surface area contributed by atoms with Gasteiger partial charge in [-0.25, -0.2) is 4.98 Å². The molecule has 2 N–H and O–H groups in total. The molecule has 0 aliphatic carbocycles. The molecule has 6 heteroatoms. The van der Waals surface area contributed by atoms with Gasteiger partial charge in [-0.15, -0.1) is 0 Å². The Morgan fingerprint density at radius 3 is 2.67 bits per heavy atom. The first-order valence-corrected chi connectivity index (χ1v) is 9.06. The third-order valence-corrected chi connectivity index (χ3v) is 4.46. The summed E-state index contributed by atoms with van der Waals surface area (Å²) in [5.41, 5.74) is 4.00. The van der Waals surface area contributed by atoms with E-state index in [4.69, 9.17) is 5.26 Å². The number of nitrogens with one attached hydrogen (secondary N) is 2. The average molecular weight is 360 g/mol. The van der Waals surface area contributed by atoms with E-state index in [0.29, 0.717) is 12.1 Å². The van der Waals surface area contributed by atoms with Gasteiger partial charge in [-0.05, 0) is 43.2 Å². The van der Waals surface area contributed by atoms with Gasteiger partial charge in [-0.1, -0.05) is 24.3 Å². The first-order valence-electron chi connectivity index (χ1n) is 9.06. The molecular formula is C21H24N6. The predicted molar refractivity (Wildman–Crippen MR) is 108 cm³/mol. The maximum Gasteiger partial charge on any atom is 0.191 e. The van der Waals surface area contributed by atoms with Gasteiger partial charge in [0.2, 0.25) is 0 Å². The molecule has 1 heterocycles. The monoisotopic (exact) mass is 360 g/mol. The molecule has 0 aliphatic rings. The number of aryl methyl sites for hydroxylation is 2. The van der Waals surface area contributed by atoms with Crippen LogP contribution in [0.2, 0.25) is 0 Å². The molecule has 0 saturated carbocycles. The molecule has 2 aromatic carbocycles. The Bertz CT molecular complexity index is 962. The molecule has 0 unspecified atom stereocenters. The summed E-state index contributed by atoms with van der Waals surface area (Å²) in [5, 5.41) is 15.5. The lowest BCUT2D eigenvalue weighted by atomic mass is 10.1. The van der Waals surface area contributed by atoms with Gasteiger partial charge in [0.25, 0.3) is 0 Å². The molecule has 27 heavy (non-hydrogen) atoms. The summed E-state index contributed by atoms with van der Waals surface area (Å²) in [7, 11) is 1.77. The summed E-state index contributed by atoms with van der Waals surface area (Å²) >= 11 is 0. The molecule has 0 amide bonds. The van der Waals surface area contributed by atoms with Crippen LogP contribution in [0.4, 0.5) is 0 Å². The zero-order chi connectivity index (χ0) is 19.1. The summed E-state index contributed by atoms with van der Waals surface area (Å²) < 4.78 is 2.25. The Kier molecular flexibility index (Phi) is 6.06. The van der Waals surface area contributed by atoms with Crippen LogP contribution < -0.4 is 10.6 Å². The summed E-state index contributed by atoms with van der Waals surface area (Å²) in [6.07, 6.45) is 0.971. The summed E-state index contributed by atoms with van der Waals surface area (Å²) in [5.74, 6) is 1.81. The zero-order valence-corrected chi connectivity index (χ0v) is 15.7. The quantitative estimate of drug-likeness (QED) is 0.402. The molecule has 0 bridgehead atoms. The largest absolute Gasteiger partial charge is 0.356 e. The Morgan fingerprint density at radius 2 is 1.93 bits per heavy atom. The van der Waals surface area contributed by atoms with Gasteiger partial charge in [0, 0.05) is 26.7 Å². The second-order valence-electron chi connectivity index (χ2n) is 6.31. The van der Waals surface area contributed by atoms with Gasteiger partial charge in [-0.3, -0.25) is 4.99 Å². The fraction of sp³-hybridized carbons (Fsp3) is 0.286. The van der Waals surface area contributed by atoms with Crippen LogP contribution in [-0.2, 0) is 13.1 Å². The topological polar surface area (TPSA) is 78.0 Å². The van der Waals surface area contributed by atoms with E-state index in [9.17, 15) is 0 Å². The Labute approximate surface area is 159 Å². The number of hydrogen-bond acceptors (Lipinski definition) is 3. The number of nitriles is 1. The molecule has 0 spiro atoms. The first kappa shape index (κ1) is 18.5. The summed E-state index contributed by atoms with van der Waals surface area (Å²) in [6.45, 7) is 4.44. The normalized spacial score (nSPS) is 11.4. The van der Waals surface area contributed by atoms with Crippen molar-refractivity contribution in [3.8, 4) is 6.07 Å². The molecule has 138 valence electrons. The summed E-state index contributed by atoms with van der Waals surface area (Å²) in [4.78, 5) is 8.87. The van der Waals surface area contributed by atoms with Crippen molar-refractivity contribution in [3.05, 3.63) is 65.5 Å². The molecule has 0 radical (unpaired) electrons. The van der Waals surface area contributed by atoms with E-state index in [-0.39, 0.29) is 0 Å². The van der Waals surface area contributed by atoms with E-state index in [1.807, 2.05) is 49.4 Å². The number of aromatic nitrogens is 2. The highest BCUT2D eigenvalue weighted by Crippen LogP contribution is 2.15. The fourth-order valence-electron chi connectivity index (χ4n) is 3.03. The lowest BCUT2D eigenvalue weighted by Crippen LogP contribution is -2.37.